The highest BCUT2D eigenvalue weighted by molar-refractivity contribution is 7.90. The zero-order valence-corrected chi connectivity index (χ0v) is 21.2. The number of aliphatic hydroxyl groups is 1. The lowest BCUT2D eigenvalue weighted by molar-refractivity contribution is -0.118. The number of rotatable bonds is 11. The number of halogens is 1. The van der Waals surface area contributed by atoms with Gasteiger partial charge in [0.1, 0.15) is 0 Å². The Morgan fingerprint density at radius 3 is 2.43 bits per heavy atom. The van der Waals surface area contributed by atoms with Crippen LogP contribution in [0.5, 0.6) is 0 Å². The number of benzene rings is 3. The number of aryl methyl sites for hydroxylation is 1. The van der Waals surface area contributed by atoms with Gasteiger partial charge in [-0.2, -0.15) is 0 Å². The van der Waals surface area contributed by atoms with Crippen molar-refractivity contribution in [1.29, 1.82) is 0 Å². The topological polar surface area (TPSA) is 108 Å². The Bertz CT molecular complexity index is 1250. The summed E-state index contributed by atoms with van der Waals surface area (Å²) in [7, 11) is -3.92. The van der Waals surface area contributed by atoms with Gasteiger partial charge in [-0.3, -0.25) is 4.79 Å². The van der Waals surface area contributed by atoms with E-state index >= 15 is 0 Å². The van der Waals surface area contributed by atoms with Crippen LogP contribution in [-0.2, 0) is 21.2 Å². The third-order valence-corrected chi connectivity index (χ3v) is 7.00. The van der Waals surface area contributed by atoms with Gasteiger partial charge in [0.2, 0.25) is 5.91 Å². The van der Waals surface area contributed by atoms with E-state index in [4.69, 9.17) is 11.6 Å². The number of carbonyl (C=O) groups excluding carboxylic acids is 1. The number of sulfonamides is 1. The summed E-state index contributed by atoms with van der Waals surface area (Å²) in [6.45, 7) is 4.81. The fourth-order valence-corrected chi connectivity index (χ4v) is 4.61. The van der Waals surface area contributed by atoms with Crippen molar-refractivity contribution in [2.75, 3.05) is 18.4 Å². The van der Waals surface area contributed by atoms with E-state index in [2.05, 4.69) is 15.4 Å². The Balaban J connectivity index is 1.48. The Hall–Kier alpha value is -2.91. The van der Waals surface area contributed by atoms with E-state index in [1.807, 2.05) is 32.0 Å². The summed E-state index contributed by atoms with van der Waals surface area (Å²) in [6.07, 6.45) is -0.741. The smallest absolute Gasteiger partial charge is 0.264 e. The van der Waals surface area contributed by atoms with Crippen LogP contribution in [0, 0.1) is 6.92 Å². The van der Waals surface area contributed by atoms with Gasteiger partial charge in [-0.05, 0) is 61.4 Å². The Morgan fingerprint density at radius 1 is 1.00 bits per heavy atom. The second kappa shape index (κ2) is 12.2. The maximum Gasteiger partial charge on any atom is 0.264 e. The van der Waals surface area contributed by atoms with E-state index in [0.29, 0.717) is 23.7 Å². The molecule has 0 spiro atoms. The molecular weight excluding hydrogens is 486 g/mol. The van der Waals surface area contributed by atoms with Crippen molar-refractivity contribution in [1.82, 2.24) is 10.0 Å². The van der Waals surface area contributed by atoms with Crippen LogP contribution in [-0.4, -0.2) is 38.6 Å². The summed E-state index contributed by atoms with van der Waals surface area (Å²) < 4.78 is 27.0. The molecule has 3 aromatic carbocycles. The molecule has 9 heteroatoms. The predicted octanol–water partition coefficient (Wildman–Crippen LogP) is 3.82. The first-order valence-electron chi connectivity index (χ1n) is 11.2. The van der Waals surface area contributed by atoms with E-state index in [0.717, 1.165) is 16.8 Å². The number of hydrogen-bond acceptors (Lipinski definition) is 6. The third kappa shape index (κ3) is 8.36. The van der Waals surface area contributed by atoms with Crippen molar-refractivity contribution in [2.24, 2.45) is 0 Å². The maximum atomic E-state index is 12.4. The summed E-state index contributed by atoms with van der Waals surface area (Å²) in [6, 6.07) is 20.8. The van der Waals surface area contributed by atoms with Gasteiger partial charge in [0.25, 0.3) is 10.0 Å². The quantitative estimate of drug-likeness (QED) is 0.309. The number of nitrogens with one attached hydrogen (secondary N) is 3. The fraction of sp³-hybridized carbons (Fsp3) is 0.269. The molecule has 0 radical (unpaired) electrons. The van der Waals surface area contributed by atoms with Gasteiger partial charge in [0.05, 0.1) is 17.4 Å². The van der Waals surface area contributed by atoms with Crippen LogP contribution in [0.3, 0.4) is 0 Å². The van der Waals surface area contributed by atoms with E-state index in [-0.39, 0.29) is 17.4 Å². The summed E-state index contributed by atoms with van der Waals surface area (Å²) in [4.78, 5) is 12.4. The number of anilines is 1. The highest BCUT2D eigenvalue weighted by Gasteiger charge is 2.17. The standard InChI is InChI=1S/C26H30ClN3O4S/c1-18-9-11-24(12-10-18)35(33,34)30-26(32)14-20-5-3-8-23(13-20)29-16-19(2)28-17-25(31)21-6-4-7-22(27)15-21/h3-13,15,19,25,28-29,31H,14,16-17H2,1-2H3,(H,30,32). The lowest BCUT2D eigenvalue weighted by Crippen LogP contribution is -2.35. The molecule has 7 nitrogen and oxygen atoms in total. The lowest BCUT2D eigenvalue weighted by Gasteiger charge is -2.19. The average Bonchev–Trinajstić information content (AvgIpc) is 2.81. The Kier molecular flexibility index (Phi) is 9.28. The zero-order chi connectivity index (χ0) is 25.4. The van der Waals surface area contributed by atoms with Gasteiger partial charge in [0.15, 0.2) is 0 Å². The van der Waals surface area contributed by atoms with Crippen molar-refractivity contribution >= 4 is 33.2 Å². The molecule has 2 unspecified atom stereocenters. The van der Waals surface area contributed by atoms with Crippen LogP contribution in [0.4, 0.5) is 5.69 Å². The van der Waals surface area contributed by atoms with Crippen LogP contribution in [0.15, 0.2) is 77.7 Å². The first-order valence-corrected chi connectivity index (χ1v) is 13.1. The van der Waals surface area contributed by atoms with E-state index in [1.165, 1.54) is 12.1 Å². The van der Waals surface area contributed by atoms with E-state index < -0.39 is 22.0 Å². The van der Waals surface area contributed by atoms with Gasteiger partial charge in [-0.25, -0.2) is 13.1 Å². The Morgan fingerprint density at radius 2 is 1.71 bits per heavy atom. The molecule has 0 saturated heterocycles. The van der Waals surface area contributed by atoms with Gasteiger partial charge in [-0.1, -0.05) is 53.6 Å². The molecule has 0 aliphatic heterocycles. The molecule has 0 aromatic heterocycles. The first kappa shape index (κ1) is 26.7. The van der Waals surface area contributed by atoms with Gasteiger partial charge >= 0.3 is 0 Å². The lowest BCUT2D eigenvalue weighted by atomic mass is 10.1. The summed E-state index contributed by atoms with van der Waals surface area (Å²) >= 11 is 5.98. The van der Waals surface area contributed by atoms with Crippen LogP contribution >= 0.6 is 11.6 Å². The number of hydrogen-bond donors (Lipinski definition) is 4. The SMILES string of the molecule is Cc1ccc(S(=O)(=O)NC(=O)Cc2cccc(NCC(C)NCC(O)c3cccc(Cl)c3)c2)cc1. The molecule has 0 fully saturated rings. The van der Waals surface area contributed by atoms with Crippen LogP contribution in [0.25, 0.3) is 0 Å². The zero-order valence-electron chi connectivity index (χ0n) is 19.7. The minimum absolute atomic E-state index is 0.0498. The second-order valence-electron chi connectivity index (χ2n) is 8.48. The Labute approximate surface area is 211 Å². The summed E-state index contributed by atoms with van der Waals surface area (Å²) in [5.74, 6) is -0.604. The highest BCUT2D eigenvalue weighted by atomic mass is 35.5. The molecule has 1 amide bonds. The van der Waals surface area contributed by atoms with Crippen molar-refractivity contribution in [3.05, 3.63) is 94.5 Å². The molecule has 0 aliphatic rings. The summed E-state index contributed by atoms with van der Waals surface area (Å²) in [5.41, 5.74) is 3.17. The molecule has 0 aliphatic carbocycles. The normalized spacial score (nSPS) is 13.1. The van der Waals surface area contributed by atoms with Crippen LogP contribution in [0.2, 0.25) is 5.02 Å². The van der Waals surface area contributed by atoms with Gasteiger partial charge < -0.3 is 15.7 Å². The number of aliphatic hydroxyl groups excluding tert-OH is 1. The van der Waals surface area contributed by atoms with Gasteiger partial charge in [0, 0.05) is 29.8 Å². The molecule has 3 rings (SSSR count). The van der Waals surface area contributed by atoms with Crippen molar-refractivity contribution in [3.63, 3.8) is 0 Å². The molecule has 4 N–H and O–H groups in total. The molecule has 0 saturated carbocycles. The summed E-state index contributed by atoms with van der Waals surface area (Å²) in [5, 5.41) is 17.5. The minimum atomic E-state index is -3.92. The molecule has 3 aromatic rings. The number of carbonyl (C=O) groups is 1. The average molecular weight is 516 g/mol. The number of amides is 1. The van der Waals surface area contributed by atoms with Crippen LogP contribution in [0.1, 0.15) is 29.7 Å². The third-order valence-electron chi connectivity index (χ3n) is 5.38. The maximum absolute atomic E-state index is 12.4. The highest BCUT2D eigenvalue weighted by Crippen LogP contribution is 2.17. The second-order valence-corrected chi connectivity index (χ2v) is 10.6. The van der Waals surface area contributed by atoms with Gasteiger partial charge in [-0.15, -0.1) is 0 Å². The van der Waals surface area contributed by atoms with E-state index in [1.54, 1.807) is 42.5 Å². The molecular formula is C26H30ClN3O4S. The molecule has 0 bridgehead atoms. The van der Waals surface area contributed by atoms with Crippen molar-refractivity contribution < 1.29 is 18.3 Å². The minimum Gasteiger partial charge on any atom is -0.387 e. The van der Waals surface area contributed by atoms with Crippen LogP contribution < -0.4 is 15.4 Å². The van der Waals surface area contributed by atoms with Crippen molar-refractivity contribution in [2.45, 2.75) is 37.3 Å². The fourth-order valence-electron chi connectivity index (χ4n) is 3.43. The van der Waals surface area contributed by atoms with Crippen molar-refractivity contribution in [3.8, 4) is 0 Å². The molecule has 2 atom stereocenters. The molecule has 186 valence electrons. The largest absolute Gasteiger partial charge is 0.387 e. The molecule has 0 heterocycles. The van der Waals surface area contributed by atoms with E-state index in [9.17, 15) is 18.3 Å². The molecule has 35 heavy (non-hydrogen) atoms. The predicted molar refractivity (Wildman–Crippen MR) is 139 cm³/mol. The first-order chi connectivity index (χ1) is 16.6. The monoisotopic (exact) mass is 515 g/mol.